The Morgan fingerprint density at radius 2 is 1.72 bits per heavy atom. The maximum absolute atomic E-state index is 12.4. The van der Waals surface area contributed by atoms with Gasteiger partial charge in [0.05, 0.1) is 19.3 Å². The van der Waals surface area contributed by atoms with E-state index < -0.39 is 7.82 Å². The minimum atomic E-state index is -3.36. The van der Waals surface area contributed by atoms with Crippen molar-refractivity contribution in [2.24, 2.45) is 0 Å². The van der Waals surface area contributed by atoms with Gasteiger partial charge in [0.2, 0.25) is 0 Å². The van der Waals surface area contributed by atoms with Gasteiger partial charge in [-0.15, -0.1) is 0 Å². The monoisotopic (exact) mass is 296 g/mol. The van der Waals surface area contributed by atoms with E-state index in [4.69, 9.17) is 13.6 Å². The van der Waals surface area contributed by atoms with Gasteiger partial charge in [0, 0.05) is 5.25 Å². The highest BCUT2D eigenvalue weighted by Gasteiger charge is 2.35. The Kier molecular flexibility index (Phi) is 7.89. The molecular weight excluding hydrogens is 271 g/mol. The lowest BCUT2D eigenvalue weighted by Crippen LogP contribution is -2.30. The fourth-order valence-corrected chi connectivity index (χ4v) is 4.83. The zero-order chi connectivity index (χ0) is 13.4. The van der Waals surface area contributed by atoms with Crippen molar-refractivity contribution in [3.05, 3.63) is 0 Å². The van der Waals surface area contributed by atoms with E-state index in [9.17, 15) is 4.57 Å². The van der Waals surface area contributed by atoms with Crippen LogP contribution in [0.15, 0.2) is 0 Å². The van der Waals surface area contributed by atoms with E-state index in [-0.39, 0.29) is 6.10 Å². The average Bonchev–Trinajstić information content (AvgIpc) is 2.32. The highest BCUT2D eigenvalue weighted by Crippen LogP contribution is 2.52. The number of thioether (sulfide) groups is 1. The summed E-state index contributed by atoms with van der Waals surface area (Å²) in [5.41, 5.74) is 0. The maximum Gasteiger partial charge on any atom is 0.475 e. The van der Waals surface area contributed by atoms with Crippen LogP contribution in [-0.4, -0.2) is 30.3 Å². The first-order valence-electron chi connectivity index (χ1n) is 6.84. The molecule has 1 fully saturated rings. The molecule has 18 heavy (non-hydrogen) atoms. The summed E-state index contributed by atoms with van der Waals surface area (Å²) in [5, 5.41) is 0.415. The van der Waals surface area contributed by atoms with Crippen LogP contribution >= 0.6 is 19.6 Å². The number of phosphoric ester groups is 1. The molecule has 108 valence electrons. The number of phosphoric acid groups is 1. The number of hydrogen-bond acceptors (Lipinski definition) is 5. The van der Waals surface area contributed by atoms with Gasteiger partial charge in [-0.1, -0.05) is 19.8 Å². The fraction of sp³-hybridized carbons (Fsp3) is 1.00. The van der Waals surface area contributed by atoms with Crippen LogP contribution in [0.25, 0.3) is 0 Å². The Labute approximate surface area is 115 Å². The summed E-state index contributed by atoms with van der Waals surface area (Å²) in [4.78, 5) is 0. The van der Waals surface area contributed by atoms with Crippen LogP contribution in [-0.2, 0) is 18.1 Å². The molecule has 0 amide bonds. The van der Waals surface area contributed by atoms with Crippen LogP contribution < -0.4 is 0 Å². The molecule has 1 rings (SSSR count). The molecule has 0 heterocycles. The summed E-state index contributed by atoms with van der Waals surface area (Å²) < 4.78 is 28.5. The van der Waals surface area contributed by atoms with Gasteiger partial charge in [0.15, 0.2) is 0 Å². The van der Waals surface area contributed by atoms with Crippen molar-refractivity contribution < 1.29 is 18.1 Å². The van der Waals surface area contributed by atoms with Crippen molar-refractivity contribution in [3.63, 3.8) is 0 Å². The molecule has 1 aliphatic rings. The van der Waals surface area contributed by atoms with Gasteiger partial charge in [0.1, 0.15) is 0 Å². The van der Waals surface area contributed by atoms with Gasteiger partial charge >= 0.3 is 7.82 Å². The quantitative estimate of drug-likeness (QED) is 0.627. The Morgan fingerprint density at radius 3 is 2.28 bits per heavy atom. The lowest BCUT2D eigenvalue weighted by Gasteiger charge is -2.32. The molecule has 1 aliphatic carbocycles. The van der Waals surface area contributed by atoms with Gasteiger partial charge in [0.25, 0.3) is 0 Å². The molecule has 0 radical (unpaired) electrons. The predicted octanol–water partition coefficient (Wildman–Crippen LogP) is 4.25. The van der Waals surface area contributed by atoms with Crippen molar-refractivity contribution in [1.82, 2.24) is 0 Å². The SMILES string of the molecule is CCOP(=O)(OCC)O[C@@H]1CCCC[C@@H]1SCC. The van der Waals surface area contributed by atoms with Crippen LogP contribution in [0.3, 0.4) is 0 Å². The first kappa shape index (κ1) is 16.5. The number of rotatable bonds is 8. The second-order valence-electron chi connectivity index (χ2n) is 4.20. The molecule has 0 N–H and O–H groups in total. The Hall–Kier alpha value is 0.460. The Balaban J connectivity index is 2.62. The third kappa shape index (κ3) is 5.22. The van der Waals surface area contributed by atoms with E-state index in [1.54, 1.807) is 13.8 Å². The Morgan fingerprint density at radius 1 is 1.11 bits per heavy atom. The van der Waals surface area contributed by atoms with Crippen LogP contribution in [0.2, 0.25) is 0 Å². The summed E-state index contributed by atoms with van der Waals surface area (Å²) in [7, 11) is -3.36. The average molecular weight is 296 g/mol. The molecule has 0 saturated heterocycles. The second kappa shape index (κ2) is 8.60. The van der Waals surface area contributed by atoms with Gasteiger partial charge in [-0.2, -0.15) is 11.8 Å². The molecule has 0 bridgehead atoms. The van der Waals surface area contributed by atoms with Crippen molar-refractivity contribution >= 4 is 19.6 Å². The minimum Gasteiger partial charge on any atom is -0.287 e. The lowest BCUT2D eigenvalue weighted by atomic mass is 9.97. The lowest BCUT2D eigenvalue weighted by molar-refractivity contribution is 0.0695. The molecule has 4 nitrogen and oxygen atoms in total. The molecule has 0 aromatic carbocycles. The van der Waals surface area contributed by atoms with Crippen LogP contribution in [0, 0.1) is 0 Å². The van der Waals surface area contributed by atoms with Gasteiger partial charge in [-0.25, -0.2) is 4.57 Å². The summed E-state index contributed by atoms with van der Waals surface area (Å²) in [6.07, 6.45) is 4.42. The highest BCUT2D eigenvalue weighted by molar-refractivity contribution is 7.99. The largest absolute Gasteiger partial charge is 0.475 e. The molecular formula is C12H25O4PS. The van der Waals surface area contributed by atoms with Crippen molar-refractivity contribution in [2.45, 2.75) is 57.8 Å². The van der Waals surface area contributed by atoms with Gasteiger partial charge in [-0.3, -0.25) is 13.6 Å². The fourth-order valence-electron chi connectivity index (χ4n) is 2.17. The summed E-state index contributed by atoms with van der Waals surface area (Å²) >= 11 is 1.88. The van der Waals surface area contributed by atoms with E-state index in [1.165, 1.54) is 6.42 Å². The first-order chi connectivity index (χ1) is 8.65. The second-order valence-corrected chi connectivity index (χ2v) is 7.34. The van der Waals surface area contributed by atoms with Crippen molar-refractivity contribution in [2.75, 3.05) is 19.0 Å². The molecule has 0 aromatic rings. The van der Waals surface area contributed by atoms with Gasteiger partial charge in [-0.05, 0) is 32.4 Å². The van der Waals surface area contributed by atoms with Gasteiger partial charge < -0.3 is 0 Å². The molecule has 0 unspecified atom stereocenters. The van der Waals surface area contributed by atoms with E-state index in [1.807, 2.05) is 11.8 Å². The highest BCUT2D eigenvalue weighted by atomic mass is 32.2. The third-order valence-corrected chi connectivity index (χ3v) is 5.84. The van der Waals surface area contributed by atoms with Crippen LogP contribution in [0.1, 0.15) is 46.5 Å². The molecule has 0 spiro atoms. The smallest absolute Gasteiger partial charge is 0.287 e. The zero-order valence-electron chi connectivity index (χ0n) is 11.6. The molecule has 0 aromatic heterocycles. The predicted molar refractivity (Wildman–Crippen MR) is 76.1 cm³/mol. The summed E-state index contributed by atoms with van der Waals surface area (Å²) in [6.45, 7) is 6.43. The minimum absolute atomic E-state index is 0.00682. The van der Waals surface area contributed by atoms with E-state index in [2.05, 4.69) is 6.92 Å². The topological polar surface area (TPSA) is 44.8 Å². The summed E-state index contributed by atoms with van der Waals surface area (Å²) in [5.74, 6) is 1.05. The zero-order valence-corrected chi connectivity index (χ0v) is 13.3. The van der Waals surface area contributed by atoms with Crippen LogP contribution in [0.4, 0.5) is 0 Å². The van der Waals surface area contributed by atoms with E-state index in [0.717, 1.165) is 25.0 Å². The van der Waals surface area contributed by atoms with E-state index in [0.29, 0.717) is 18.5 Å². The number of hydrogen-bond donors (Lipinski definition) is 0. The van der Waals surface area contributed by atoms with Crippen molar-refractivity contribution in [1.29, 1.82) is 0 Å². The standard InChI is InChI=1S/C12H25O4PS/c1-4-14-17(13,15-5-2)16-11-9-7-8-10-12(11)18-6-3/h11-12H,4-10H2,1-3H3/t11-,12+/m1/s1. The summed E-state index contributed by atoms with van der Waals surface area (Å²) in [6, 6.07) is 0. The third-order valence-electron chi connectivity index (χ3n) is 2.86. The molecule has 0 aliphatic heterocycles. The van der Waals surface area contributed by atoms with Crippen LogP contribution in [0.5, 0.6) is 0 Å². The Bertz CT molecular complexity index is 263. The molecule has 6 heteroatoms. The molecule has 2 atom stereocenters. The maximum atomic E-state index is 12.4. The van der Waals surface area contributed by atoms with Crippen molar-refractivity contribution in [3.8, 4) is 0 Å². The van der Waals surface area contributed by atoms with E-state index >= 15 is 0 Å². The first-order valence-corrected chi connectivity index (χ1v) is 9.35. The molecule has 1 saturated carbocycles. The normalized spacial score (nSPS) is 25.3.